The summed E-state index contributed by atoms with van der Waals surface area (Å²) in [5.74, 6) is 0.677. The van der Waals surface area contributed by atoms with Crippen LogP contribution in [0.5, 0.6) is 11.5 Å². The van der Waals surface area contributed by atoms with E-state index >= 15 is 0 Å². The molecule has 7 heteroatoms. The van der Waals surface area contributed by atoms with Gasteiger partial charge in [0.25, 0.3) is 0 Å². The molecular weight excluding hydrogens is 248 g/mol. The number of phenols is 1. The van der Waals surface area contributed by atoms with Gasteiger partial charge in [0.05, 0.1) is 7.11 Å². The highest BCUT2D eigenvalue weighted by molar-refractivity contribution is 7.79. The smallest absolute Gasteiger partial charge is 0.394 e. The summed E-state index contributed by atoms with van der Waals surface area (Å²) in [6.45, 7) is 1.94. The molecule has 0 spiro atoms. The van der Waals surface area contributed by atoms with Crippen LogP contribution in [-0.2, 0) is 10.4 Å². The van der Waals surface area contributed by atoms with Crippen molar-refractivity contribution >= 4 is 16.5 Å². The van der Waals surface area contributed by atoms with Crippen LogP contribution < -0.4 is 4.74 Å². The minimum absolute atomic E-state index is 0.172. The van der Waals surface area contributed by atoms with E-state index in [-0.39, 0.29) is 5.75 Å². The topological polar surface area (TPSA) is 104 Å². The number of aromatic hydroxyl groups is 1. The molecule has 0 atom stereocenters. The predicted molar refractivity (Wildman–Crippen MR) is 63.5 cm³/mol. The standard InChI is InChI=1S/C10H12O2.H2O4S/c1-3-4-8-5-6-9(11)10(7-8)12-2;1-5(2,3)4/h3-7,11H,1-2H3;(H2,1,2,3,4)/b4-3+;. The molecule has 0 aliphatic rings. The van der Waals surface area contributed by atoms with E-state index in [1.807, 2.05) is 25.1 Å². The number of allylic oxidation sites excluding steroid dienone is 1. The molecule has 1 aromatic rings. The molecule has 0 aliphatic carbocycles. The third kappa shape index (κ3) is 8.26. The van der Waals surface area contributed by atoms with Gasteiger partial charge in [0.2, 0.25) is 0 Å². The van der Waals surface area contributed by atoms with Crippen LogP contribution in [0, 0.1) is 0 Å². The summed E-state index contributed by atoms with van der Waals surface area (Å²) in [5, 5.41) is 9.25. The highest BCUT2D eigenvalue weighted by Crippen LogP contribution is 2.26. The van der Waals surface area contributed by atoms with Gasteiger partial charge >= 0.3 is 10.4 Å². The lowest BCUT2D eigenvalue weighted by Gasteiger charge is -2.03. The summed E-state index contributed by atoms with van der Waals surface area (Å²) in [4.78, 5) is 0. The number of rotatable bonds is 2. The Hall–Kier alpha value is -1.57. The van der Waals surface area contributed by atoms with Gasteiger partial charge in [-0.2, -0.15) is 8.42 Å². The van der Waals surface area contributed by atoms with E-state index in [1.165, 1.54) is 7.11 Å². The lowest BCUT2D eigenvalue weighted by Crippen LogP contribution is -1.89. The van der Waals surface area contributed by atoms with Gasteiger partial charge in [0.1, 0.15) is 0 Å². The average Bonchev–Trinajstić information content (AvgIpc) is 2.19. The van der Waals surface area contributed by atoms with E-state index in [0.29, 0.717) is 5.75 Å². The Labute approximate surface area is 99.7 Å². The van der Waals surface area contributed by atoms with Gasteiger partial charge in [0.15, 0.2) is 11.5 Å². The van der Waals surface area contributed by atoms with Crippen LogP contribution in [0.3, 0.4) is 0 Å². The molecule has 0 aromatic heterocycles. The van der Waals surface area contributed by atoms with Crippen molar-refractivity contribution in [2.24, 2.45) is 0 Å². The zero-order valence-corrected chi connectivity index (χ0v) is 10.2. The Bertz CT molecular complexity index is 470. The van der Waals surface area contributed by atoms with Crippen molar-refractivity contribution in [2.75, 3.05) is 7.11 Å². The Kier molecular flexibility index (Phi) is 6.26. The lowest BCUT2D eigenvalue weighted by atomic mass is 10.2. The summed E-state index contributed by atoms with van der Waals surface area (Å²) >= 11 is 0. The van der Waals surface area contributed by atoms with E-state index < -0.39 is 10.4 Å². The molecule has 96 valence electrons. The number of phenolic OH excluding ortho intramolecular Hbond substituents is 1. The van der Waals surface area contributed by atoms with E-state index in [2.05, 4.69) is 0 Å². The van der Waals surface area contributed by atoms with Crippen molar-refractivity contribution < 1.29 is 27.4 Å². The van der Waals surface area contributed by atoms with Gasteiger partial charge in [-0.15, -0.1) is 0 Å². The van der Waals surface area contributed by atoms with Crippen LogP contribution in [0.1, 0.15) is 12.5 Å². The molecule has 3 N–H and O–H groups in total. The van der Waals surface area contributed by atoms with Crippen LogP contribution in [0.15, 0.2) is 24.3 Å². The van der Waals surface area contributed by atoms with Crippen molar-refractivity contribution in [1.29, 1.82) is 0 Å². The van der Waals surface area contributed by atoms with Gasteiger partial charge in [-0.25, -0.2) is 0 Å². The average molecular weight is 262 g/mol. The van der Waals surface area contributed by atoms with Crippen LogP contribution in [0.25, 0.3) is 6.08 Å². The zero-order valence-electron chi connectivity index (χ0n) is 9.36. The van der Waals surface area contributed by atoms with Gasteiger partial charge in [-0.3, -0.25) is 9.11 Å². The van der Waals surface area contributed by atoms with Crippen LogP contribution in [-0.4, -0.2) is 29.7 Å². The molecule has 0 fully saturated rings. The Morgan fingerprint density at radius 3 is 2.24 bits per heavy atom. The molecule has 1 aromatic carbocycles. The van der Waals surface area contributed by atoms with E-state index in [0.717, 1.165) is 5.56 Å². The van der Waals surface area contributed by atoms with Crippen molar-refractivity contribution in [3.05, 3.63) is 29.8 Å². The van der Waals surface area contributed by atoms with Crippen molar-refractivity contribution in [2.45, 2.75) is 6.92 Å². The number of benzene rings is 1. The molecule has 17 heavy (non-hydrogen) atoms. The molecule has 0 saturated carbocycles. The zero-order chi connectivity index (χ0) is 13.5. The summed E-state index contributed by atoms with van der Waals surface area (Å²) in [6, 6.07) is 5.24. The molecular formula is C10H14O6S. The second kappa shape index (κ2) is 6.89. The first kappa shape index (κ1) is 15.4. The second-order valence-electron chi connectivity index (χ2n) is 2.88. The molecule has 1 rings (SSSR count). The SMILES string of the molecule is C/C=C/c1ccc(O)c(OC)c1.O=S(=O)(O)O. The molecule has 0 unspecified atom stereocenters. The second-order valence-corrected chi connectivity index (χ2v) is 3.77. The third-order valence-electron chi connectivity index (χ3n) is 1.56. The summed E-state index contributed by atoms with van der Waals surface area (Å²) in [5.41, 5.74) is 1.02. The maximum Gasteiger partial charge on any atom is 0.394 e. The summed E-state index contributed by atoms with van der Waals surface area (Å²) in [6.07, 6.45) is 3.88. The quantitative estimate of drug-likeness (QED) is 0.702. The number of methoxy groups -OCH3 is 1. The fourth-order valence-corrected chi connectivity index (χ4v) is 0.990. The van der Waals surface area contributed by atoms with Crippen molar-refractivity contribution in [1.82, 2.24) is 0 Å². The Morgan fingerprint density at radius 2 is 1.82 bits per heavy atom. The largest absolute Gasteiger partial charge is 0.504 e. The van der Waals surface area contributed by atoms with Crippen molar-refractivity contribution in [3.63, 3.8) is 0 Å². The number of hydrogen-bond acceptors (Lipinski definition) is 4. The first-order valence-electron chi connectivity index (χ1n) is 4.47. The third-order valence-corrected chi connectivity index (χ3v) is 1.56. The number of ether oxygens (including phenoxy) is 1. The first-order chi connectivity index (χ1) is 7.77. The maximum absolute atomic E-state index is 9.25. The van der Waals surface area contributed by atoms with Crippen LogP contribution >= 0.6 is 0 Å². The van der Waals surface area contributed by atoms with Crippen molar-refractivity contribution in [3.8, 4) is 11.5 Å². The fraction of sp³-hybridized carbons (Fsp3) is 0.200. The Balaban J connectivity index is 0.000000437. The molecule has 0 saturated heterocycles. The van der Waals surface area contributed by atoms with Gasteiger partial charge in [-0.1, -0.05) is 18.2 Å². The molecule has 0 heterocycles. The van der Waals surface area contributed by atoms with Crippen LogP contribution in [0.2, 0.25) is 0 Å². The van der Waals surface area contributed by atoms with E-state index in [1.54, 1.807) is 12.1 Å². The maximum atomic E-state index is 9.25. The van der Waals surface area contributed by atoms with Gasteiger partial charge in [-0.05, 0) is 24.6 Å². The highest BCUT2D eigenvalue weighted by Gasteiger charge is 1.99. The fourth-order valence-electron chi connectivity index (χ4n) is 0.990. The van der Waals surface area contributed by atoms with Crippen LogP contribution in [0.4, 0.5) is 0 Å². The highest BCUT2D eigenvalue weighted by atomic mass is 32.3. The normalized spacial score (nSPS) is 10.8. The minimum atomic E-state index is -4.67. The number of hydrogen-bond donors (Lipinski definition) is 3. The van der Waals surface area contributed by atoms with Gasteiger partial charge < -0.3 is 9.84 Å². The molecule has 0 radical (unpaired) electrons. The van der Waals surface area contributed by atoms with E-state index in [4.69, 9.17) is 22.3 Å². The van der Waals surface area contributed by atoms with E-state index in [9.17, 15) is 5.11 Å². The minimum Gasteiger partial charge on any atom is -0.504 e. The predicted octanol–water partition coefficient (Wildman–Crippen LogP) is 1.78. The van der Waals surface area contributed by atoms with Gasteiger partial charge in [0, 0.05) is 0 Å². The molecule has 0 bridgehead atoms. The monoisotopic (exact) mass is 262 g/mol. The lowest BCUT2D eigenvalue weighted by molar-refractivity contribution is 0.373. The Morgan fingerprint density at radius 1 is 1.29 bits per heavy atom. The molecule has 6 nitrogen and oxygen atoms in total. The molecule has 0 amide bonds. The molecule has 0 aliphatic heterocycles. The summed E-state index contributed by atoms with van der Waals surface area (Å²) in [7, 11) is -3.13. The first-order valence-corrected chi connectivity index (χ1v) is 5.87. The summed E-state index contributed by atoms with van der Waals surface area (Å²) < 4.78 is 36.5.